The van der Waals surface area contributed by atoms with Crippen molar-refractivity contribution in [2.75, 3.05) is 13.7 Å². The molecule has 0 atom stereocenters. The van der Waals surface area contributed by atoms with E-state index >= 15 is 0 Å². The van der Waals surface area contributed by atoms with E-state index in [1.807, 2.05) is 72.4 Å². The normalized spacial score (nSPS) is 10.4. The van der Waals surface area contributed by atoms with Crippen molar-refractivity contribution < 1.29 is 14.3 Å². The summed E-state index contributed by atoms with van der Waals surface area (Å²) in [5.74, 6) is -0.755. The quantitative estimate of drug-likeness (QED) is 0.630. The smallest absolute Gasteiger partial charge is 0.338 e. The zero-order chi connectivity index (χ0) is 19.2. The largest absolute Gasteiger partial charge is 0.452 e. The Morgan fingerprint density at radius 1 is 1.00 bits per heavy atom. The van der Waals surface area contributed by atoms with Crippen LogP contribution >= 0.6 is 0 Å². The first-order chi connectivity index (χ1) is 13.0. The number of hydrogen-bond donors (Lipinski definition) is 0. The molecule has 1 heterocycles. The average molecular weight is 362 g/mol. The minimum Gasteiger partial charge on any atom is -0.452 e. The van der Waals surface area contributed by atoms with Gasteiger partial charge in [-0.05, 0) is 42.3 Å². The second kappa shape index (κ2) is 8.36. The van der Waals surface area contributed by atoms with Gasteiger partial charge in [-0.1, -0.05) is 36.4 Å². The van der Waals surface area contributed by atoms with Crippen molar-refractivity contribution in [2.45, 2.75) is 13.5 Å². The van der Waals surface area contributed by atoms with E-state index in [2.05, 4.69) is 0 Å². The number of aromatic nitrogens is 1. The highest BCUT2D eigenvalue weighted by molar-refractivity contribution is 5.92. The molecule has 138 valence electrons. The maximum absolute atomic E-state index is 12.4. The van der Waals surface area contributed by atoms with Crippen molar-refractivity contribution >= 4 is 11.9 Å². The number of nitrogens with zero attached hydrogens (tertiary/aromatic N) is 2. The third kappa shape index (κ3) is 4.64. The lowest BCUT2D eigenvalue weighted by Crippen LogP contribution is -2.30. The highest BCUT2D eigenvalue weighted by atomic mass is 16.5. The van der Waals surface area contributed by atoms with Gasteiger partial charge in [0.2, 0.25) is 0 Å². The Morgan fingerprint density at radius 3 is 2.41 bits per heavy atom. The molecule has 0 bridgehead atoms. The monoisotopic (exact) mass is 362 g/mol. The van der Waals surface area contributed by atoms with Gasteiger partial charge in [-0.3, -0.25) is 4.79 Å². The third-order valence-corrected chi connectivity index (χ3v) is 4.34. The first kappa shape index (κ1) is 18.5. The van der Waals surface area contributed by atoms with Crippen LogP contribution in [0.15, 0.2) is 73.1 Å². The molecular weight excluding hydrogens is 340 g/mol. The molecule has 2 aromatic carbocycles. The Kier molecular flexibility index (Phi) is 5.71. The topological polar surface area (TPSA) is 51.5 Å². The minimum absolute atomic E-state index is 0.245. The number of carbonyl (C=O) groups excluding carboxylic acids is 2. The zero-order valence-electron chi connectivity index (χ0n) is 15.5. The van der Waals surface area contributed by atoms with Crippen LogP contribution in [-0.4, -0.2) is 35.0 Å². The SMILES string of the molecule is Cc1ccc(C(=O)OCC(=O)N(C)Cc2ccccc2)cc1-n1cccc1. The van der Waals surface area contributed by atoms with Crippen LogP contribution in [0.3, 0.4) is 0 Å². The molecule has 0 spiro atoms. The van der Waals surface area contributed by atoms with Crippen LogP contribution in [0.5, 0.6) is 0 Å². The molecule has 3 aromatic rings. The molecule has 27 heavy (non-hydrogen) atoms. The summed E-state index contributed by atoms with van der Waals surface area (Å²) < 4.78 is 7.16. The summed E-state index contributed by atoms with van der Waals surface area (Å²) in [5, 5.41) is 0. The van der Waals surface area contributed by atoms with E-state index in [0.717, 1.165) is 16.8 Å². The first-order valence-corrected chi connectivity index (χ1v) is 8.73. The molecular formula is C22H22N2O3. The lowest BCUT2D eigenvalue weighted by Gasteiger charge is -2.17. The summed E-state index contributed by atoms with van der Waals surface area (Å²) in [6.07, 6.45) is 3.83. The fourth-order valence-electron chi connectivity index (χ4n) is 2.78. The van der Waals surface area contributed by atoms with Crippen LogP contribution < -0.4 is 0 Å². The maximum atomic E-state index is 12.4. The Morgan fingerprint density at radius 2 is 1.70 bits per heavy atom. The van der Waals surface area contributed by atoms with Crippen LogP contribution in [0, 0.1) is 6.92 Å². The molecule has 0 radical (unpaired) electrons. The van der Waals surface area contributed by atoms with Gasteiger partial charge in [-0.2, -0.15) is 0 Å². The molecule has 0 saturated heterocycles. The number of benzene rings is 2. The van der Waals surface area contributed by atoms with Gasteiger partial charge >= 0.3 is 5.97 Å². The van der Waals surface area contributed by atoms with E-state index in [1.165, 1.54) is 0 Å². The molecule has 3 rings (SSSR count). The fourth-order valence-corrected chi connectivity index (χ4v) is 2.78. The second-order valence-electron chi connectivity index (χ2n) is 6.40. The summed E-state index contributed by atoms with van der Waals surface area (Å²) in [6.45, 7) is 2.17. The molecule has 1 aromatic heterocycles. The van der Waals surface area contributed by atoms with Crippen LogP contribution in [0.25, 0.3) is 5.69 Å². The van der Waals surface area contributed by atoms with Crippen LogP contribution in [0.2, 0.25) is 0 Å². The van der Waals surface area contributed by atoms with Gasteiger partial charge < -0.3 is 14.2 Å². The van der Waals surface area contributed by atoms with E-state index < -0.39 is 5.97 Å². The molecule has 5 heteroatoms. The molecule has 0 saturated carbocycles. The van der Waals surface area contributed by atoms with Crippen molar-refractivity contribution in [3.8, 4) is 5.69 Å². The van der Waals surface area contributed by atoms with E-state index in [-0.39, 0.29) is 12.5 Å². The first-order valence-electron chi connectivity index (χ1n) is 8.73. The standard InChI is InChI=1S/C22H22N2O3/c1-17-10-11-19(14-20(17)24-12-6-7-13-24)22(26)27-16-21(25)23(2)15-18-8-4-3-5-9-18/h3-14H,15-16H2,1-2H3. The molecule has 0 N–H and O–H groups in total. The number of hydrogen-bond acceptors (Lipinski definition) is 3. The van der Waals surface area contributed by atoms with Crippen molar-refractivity contribution in [3.05, 3.63) is 89.7 Å². The molecule has 5 nitrogen and oxygen atoms in total. The average Bonchev–Trinajstić information content (AvgIpc) is 3.21. The number of ether oxygens (including phenoxy) is 1. The fraction of sp³-hybridized carbons (Fsp3) is 0.182. The van der Waals surface area contributed by atoms with Gasteiger partial charge in [0, 0.05) is 31.7 Å². The van der Waals surface area contributed by atoms with Crippen molar-refractivity contribution in [1.29, 1.82) is 0 Å². The highest BCUT2D eigenvalue weighted by Gasteiger charge is 2.15. The van der Waals surface area contributed by atoms with E-state index in [1.54, 1.807) is 24.1 Å². The third-order valence-electron chi connectivity index (χ3n) is 4.34. The summed E-state index contributed by atoms with van der Waals surface area (Å²) in [4.78, 5) is 26.1. The predicted molar refractivity (Wildman–Crippen MR) is 104 cm³/mol. The number of esters is 1. The number of rotatable bonds is 6. The lowest BCUT2D eigenvalue weighted by molar-refractivity contribution is -0.133. The van der Waals surface area contributed by atoms with E-state index in [0.29, 0.717) is 12.1 Å². The number of carbonyl (C=O) groups is 2. The van der Waals surface area contributed by atoms with Crippen LogP contribution in [0.1, 0.15) is 21.5 Å². The van der Waals surface area contributed by atoms with Gasteiger partial charge in [0.25, 0.3) is 5.91 Å². The van der Waals surface area contributed by atoms with Crippen molar-refractivity contribution in [2.24, 2.45) is 0 Å². The molecule has 0 fully saturated rings. The summed E-state index contributed by atoms with van der Waals surface area (Å²) in [5.41, 5.74) is 3.39. The molecule has 0 unspecified atom stereocenters. The Bertz CT molecular complexity index is 918. The molecule has 0 aliphatic carbocycles. The highest BCUT2D eigenvalue weighted by Crippen LogP contribution is 2.17. The maximum Gasteiger partial charge on any atom is 0.338 e. The zero-order valence-corrected chi connectivity index (χ0v) is 15.5. The van der Waals surface area contributed by atoms with Gasteiger partial charge in [0.1, 0.15) is 0 Å². The molecule has 0 aliphatic rings. The van der Waals surface area contributed by atoms with Crippen LogP contribution in [0.4, 0.5) is 0 Å². The van der Waals surface area contributed by atoms with Crippen molar-refractivity contribution in [3.63, 3.8) is 0 Å². The van der Waals surface area contributed by atoms with Gasteiger partial charge in [-0.15, -0.1) is 0 Å². The Balaban J connectivity index is 1.60. The molecule has 0 aliphatic heterocycles. The molecule has 1 amide bonds. The Hall–Kier alpha value is -3.34. The summed E-state index contributed by atoms with van der Waals surface area (Å²) >= 11 is 0. The number of aryl methyl sites for hydroxylation is 1. The summed E-state index contributed by atoms with van der Waals surface area (Å²) in [6, 6.07) is 18.9. The predicted octanol–water partition coefficient (Wildman–Crippen LogP) is 3.60. The van der Waals surface area contributed by atoms with Crippen LogP contribution in [-0.2, 0) is 16.1 Å². The summed E-state index contributed by atoms with van der Waals surface area (Å²) in [7, 11) is 1.69. The second-order valence-corrected chi connectivity index (χ2v) is 6.40. The minimum atomic E-state index is -0.509. The Labute approximate surface area is 158 Å². The van der Waals surface area contributed by atoms with Gasteiger partial charge in [0.05, 0.1) is 5.56 Å². The number of amides is 1. The van der Waals surface area contributed by atoms with Gasteiger partial charge in [-0.25, -0.2) is 4.79 Å². The van der Waals surface area contributed by atoms with E-state index in [9.17, 15) is 9.59 Å². The van der Waals surface area contributed by atoms with E-state index in [4.69, 9.17) is 4.74 Å². The van der Waals surface area contributed by atoms with Gasteiger partial charge in [0.15, 0.2) is 6.61 Å². The lowest BCUT2D eigenvalue weighted by atomic mass is 10.1. The number of likely N-dealkylation sites (N-methyl/N-ethyl adjacent to an activating group) is 1. The van der Waals surface area contributed by atoms with Crippen molar-refractivity contribution in [1.82, 2.24) is 9.47 Å².